The third kappa shape index (κ3) is 3.64. The molecule has 0 bridgehead atoms. The Labute approximate surface area is 151 Å². The van der Waals surface area contributed by atoms with Crippen molar-refractivity contribution in [2.24, 2.45) is 0 Å². The van der Waals surface area contributed by atoms with Crippen molar-refractivity contribution >= 4 is 5.91 Å². The van der Waals surface area contributed by atoms with E-state index >= 15 is 0 Å². The van der Waals surface area contributed by atoms with Gasteiger partial charge in [-0.3, -0.25) is 9.59 Å². The van der Waals surface area contributed by atoms with Crippen LogP contribution in [-0.4, -0.2) is 22.8 Å². The van der Waals surface area contributed by atoms with Crippen molar-refractivity contribution in [1.82, 2.24) is 15.1 Å². The summed E-state index contributed by atoms with van der Waals surface area (Å²) >= 11 is 0. The van der Waals surface area contributed by atoms with Crippen LogP contribution in [0.1, 0.15) is 29.0 Å². The summed E-state index contributed by atoms with van der Waals surface area (Å²) in [4.78, 5) is 25.0. The number of nitrogens with one attached hydrogen (secondary N) is 1. The molecule has 1 N–H and O–H groups in total. The predicted octanol–water partition coefficient (Wildman–Crippen LogP) is 2.73. The van der Waals surface area contributed by atoms with E-state index in [1.165, 1.54) is 17.9 Å². The highest BCUT2D eigenvalue weighted by molar-refractivity contribution is 5.95. The molecule has 0 aliphatic heterocycles. The maximum Gasteiger partial charge on any atom is 0.276 e. The molecule has 0 spiro atoms. The number of carbonyl (C=O) groups excluding carboxylic acids is 1. The van der Waals surface area contributed by atoms with Crippen LogP contribution in [0.4, 0.5) is 0 Å². The van der Waals surface area contributed by atoms with Crippen LogP contribution in [0.25, 0.3) is 5.69 Å². The van der Waals surface area contributed by atoms with Gasteiger partial charge in [0.05, 0.1) is 24.9 Å². The Kier molecular flexibility index (Phi) is 5.12. The van der Waals surface area contributed by atoms with Crippen LogP contribution in [0, 0.1) is 0 Å². The molecule has 6 nitrogen and oxygen atoms in total. The predicted molar refractivity (Wildman–Crippen MR) is 98.7 cm³/mol. The van der Waals surface area contributed by atoms with Crippen LogP contribution in [-0.2, 0) is 0 Å². The molecule has 0 radical (unpaired) electrons. The van der Waals surface area contributed by atoms with Gasteiger partial charge in [-0.2, -0.15) is 9.78 Å². The van der Waals surface area contributed by atoms with E-state index in [1.807, 2.05) is 43.3 Å². The van der Waals surface area contributed by atoms with Crippen molar-refractivity contribution in [2.75, 3.05) is 7.11 Å². The summed E-state index contributed by atoms with van der Waals surface area (Å²) in [7, 11) is 1.40. The first kappa shape index (κ1) is 17.4. The molecule has 0 saturated carbocycles. The average molecular weight is 349 g/mol. The second-order valence-electron chi connectivity index (χ2n) is 5.75. The van der Waals surface area contributed by atoms with Gasteiger partial charge < -0.3 is 10.1 Å². The second kappa shape index (κ2) is 7.65. The SMILES string of the molecule is COc1cc(=O)n(-c2ccccc2)nc1C(=O)NC(C)c1ccccc1. The van der Waals surface area contributed by atoms with E-state index in [1.54, 1.807) is 24.3 Å². The molecule has 1 amide bonds. The van der Waals surface area contributed by atoms with Crippen molar-refractivity contribution in [2.45, 2.75) is 13.0 Å². The molecule has 1 unspecified atom stereocenters. The summed E-state index contributed by atoms with van der Waals surface area (Å²) in [5.41, 5.74) is 1.22. The molecule has 0 aliphatic rings. The number of hydrogen-bond donors (Lipinski definition) is 1. The van der Waals surface area contributed by atoms with Crippen LogP contribution < -0.4 is 15.6 Å². The number of amides is 1. The molecule has 2 aromatic carbocycles. The van der Waals surface area contributed by atoms with Gasteiger partial charge in [-0.05, 0) is 24.6 Å². The van der Waals surface area contributed by atoms with E-state index in [-0.39, 0.29) is 23.0 Å². The van der Waals surface area contributed by atoms with Gasteiger partial charge in [-0.1, -0.05) is 48.5 Å². The number of hydrogen-bond acceptors (Lipinski definition) is 4. The molecule has 3 rings (SSSR count). The van der Waals surface area contributed by atoms with E-state index in [9.17, 15) is 9.59 Å². The Morgan fingerprint density at radius 2 is 1.69 bits per heavy atom. The molecule has 1 atom stereocenters. The van der Waals surface area contributed by atoms with Crippen molar-refractivity contribution in [1.29, 1.82) is 0 Å². The number of para-hydroxylation sites is 1. The second-order valence-corrected chi connectivity index (χ2v) is 5.75. The van der Waals surface area contributed by atoms with Crippen molar-refractivity contribution < 1.29 is 9.53 Å². The zero-order chi connectivity index (χ0) is 18.5. The molecule has 6 heteroatoms. The molecule has 3 aromatic rings. The highest BCUT2D eigenvalue weighted by atomic mass is 16.5. The van der Waals surface area contributed by atoms with Crippen LogP contribution >= 0.6 is 0 Å². The molecule has 0 saturated heterocycles. The van der Waals surface area contributed by atoms with Crippen molar-refractivity contribution in [3.05, 3.63) is 88.3 Å². The van der Waals surface area contributed by atoms with E-state index in [0.717, 1.165) is 5.56 Å². The number of benzene rings is 2. The standard InChI is InChI=1S/C20H19N3O3/c1-14(15-9-5-3-6-10-15)21-20(25)19-17(26-2)13-18(24)23(22-19)16-11-7-4-8-12-16/h3-14H,1-2H3,(H,21,25). The summed E-state index contributed by atoms with van der Waals surface area (Å²) in [6, 6.07) is 19.6. The molecule has 0 fully saturated rings. The Balaban J connectivity index is 1.95. The third-order valence-electron chi connectivity index (χ3n) is 3.98. The summed E-state index contributed by atoms with van der Waals surface area (Å²) in [5.74, 6) is -0.275. The van der Waals surface area contributed by atoms with Crippen LogP contribution in [0.15, 0.2) is 71.5 Å². The minimum atomic E-state index is -0.414. The third-order valence-corrected chi connectivity index (χ3v) is 3.98. The molecule has 1 heterocycles. The highest BCUT2D eigenvalue weighted by Gasteiger charge is 2.20. The lowest BCUT2D eigenvalue weighted by Gasteiger charge is -2.16. The summed E-state index contributed by atoms with van der Waals surface area (Å²) in [6.45, 7) is 1.88. The topological polar surface area (TPSA) is 73.2 Å². The molecular weight excluding hydrogens is 330 g/mol. The minimum Gasteiger partial charge on any atom is -0.494 e. The van der Waals surface area contributed by atoms with Gasteiger partial charge in [0, 0.05) is 0 Å². The lowest BCUT2D eigenvalue weighted by molar-refractivity contribution is 0.0929. The number of aromatic nitrogens is 2. The van der Waals surface area contributed by atoms with Gasteiger partial charge in [-0.25, -0.2) is 0 Å². The first-order valence-electron chi connectivity index (χ1n) is 8.19. The maximum atomic E-state index is 12.7. The monoisotopic (exact) mass is 349 g/mol. The first-order chi connectivity index (χ1) is 12.6. The van der Waals surface area contributed by atoms with Gasteiger partial charge in [0.25, 0.3) is 11.5 Å². The van der Waals surface area contributed by atoms with Crippen LogP contribution in [0.2, 0.25) is 0 Å². The molecule has 26 heavy (non-hydrogen) atoms. The lowest BCUT2D eigenvalue weighted by atomic mass is 10.1. The van der Waals surface area contributed by atoms with E-state index in [0.29, 0.717) is 5.69 Å². The Morgan fingerprint density at radius 3 is 2.31 bits per heavy atom. The maximum absolute atomic E-state index is 12.7. The van der Waals surface area contributed by atoms with Crippen LogP contribution in [0.3, 0.4) is 0 Å². The van der Waals surface area contributed by atoms with E-state index in [4.69, 9.17) is 4.74 Å². The molecule has 132 valence electrons. The van der Waals surface area contributed by atoms with Gasteiger partial charge >= 0.3 is 0 Å². The quantitative estimate of drug-likeness (QED) is 0.769. The fourth-order valence-corrected chi connectivity index (χ4v) is 2.60. The molecule has 0 aliphatic carbocycles. The van der Waals surface area contributed by atoms with Crippen molar-refractivity contribution in [3.63, 3.8) is 0 Å². The fraction of sp³-hybridized carbons (Fsp3) is 0.150. The van der Waals surface area contributed by atoms with Gasteiger partial charge in [0.1, 0.15) is 0 Å². The smallest absolute Gasteiger partial charge is 0.276 e. The largest absolute Gasteiger partial charge is 0.494 e. The molecular formula is C20H19N3O3. The van der Waals surface area contributed by atoms with E-state index in [2.05, 4.69) is 10.4 Å². The average Bonchev–Trinajstić information content (AvgIpc) is 2.68. The summed E-state index contributed by atoms with van der Waals surface area (Å²) in [6.07, 6.45) is 0. The Morgan fingerprint density at radius 1 is 1.08 bits per heavy atom. The highest BCUT2D eigenvalue weighted by Crippen LogP contribution is 2.17. The van der Waals surface area contributed by atoms with Crippen molar-refractivity contribution in [3.8, 4) is 11.4 Å². The first-order valence-corrected chi connectivity index (χ1v) is 8.19. The lowest BCUT2D eigenvalue weighted by Crippen LogP contribution is -2.31. The number of nitrogens with zero attached hydrogens (tertiary/aromatic N) is 2. The molecule has 1 aromatic heterocycles. The Hall–Kier alpha value is -3.41. The number of methoxy groups -OCH3 is 1. The Bertz CT molecular complexity index is 953. The van der Waals surface area contributed by atoms with Crippen LogP contribution in [0.5, 0.6) is 5.75 Å². The zero-order valence-electron chi connectivity index (χ0n) is 14.5. The fourth-order valence-electron chi connectivity index (χ4n) is 2.60. The number of rotatable bonds is 5. The number of carbonyl (C=O) groups is 1. The van der Waals surface area contributed by atoms with E-state index < -0.39 is 5.91 Å². The van der Waals surface area contributed by atoms with Gasteiger partial charge in [-0.15, -0.1) is 0 Å². The summed E-state index contributed by atoms with van der Waals surface area (Å²) < 4.78 is 6.37. The zero-order valence-corrected chi connectivity index (χ0v) is 14.5. The minimum absolute atomic E-state index is 0.0544. The number of ether oxygens (including phenoxy) is 1. The normalized spacial score (nSPS) is 11.6. The van der Waals surface area contributed by atoms with Gasteiger partial charge in [0.15, 0.2) is 11.4 Å². The summed E-state index contributed by atoms with van der Waals surface area (Å²) in [5, 5.41) is 7.12. The van der Waals surface area contributed by atoms with Gasteiger partial charge in [0.2, 0.25) is 0 Å².